The molecular weight excluding hydrogens is 162 g/mol. The predicted octanol–water partition coefficient (Wildman–Crippen LogP) is 1.09. The molecule has 0 aromatic carbocycles. The smallest absolute Gasteiger partial charge is 0.0934 e. The van der Waals surface area contributed by atoms with Gasteiger partial charge in [0.1, 0.15) is 0 Å². The van der Waals surface area contributed by atoms with Gasteiger partial charge in [-0.3, -0.25) is 4.99 Å². The maximum absolute atomic E-state index is 5.66. The van der Waals surface area contributed by atoms with Gasteiger partial charge in [-0.15, -0.1) is 0 Å². The fourth-order valence-corrected chi connectivity index (χ4v) is 1.81. The van der Waals surface area contributed by atoms with Crippen LogP contribution >= 0.6 is 0 Å². The average Bonchev–Trinajstić information content (AvgIpc) is 2.42. The van der Waals surface area contributed by atoms with Gasteiger partial charge in [-0.25, -0.2) is 0 Å². The molecule has 0 saturated carbocycles. The van der Waals surface area contributed by atoms with E-state index in [0.29, 0.717) is 12.0 Å². The summed E-state index contributed by atoms with van der Waals surface area (Å²) in [6.07, 6.45) is 2.13. The lowest BCUT2D eigenvalue weighted by Crippen LogP contribution is -2.21. The maximum atomic E-state index is 5.66. The molecule has 0 bridgehead atoms. The number of hydrogen-bond acceptors (Lipinski definition) is 2. The molecular formula is C10H21N3. The third-order valence-electron chi connectivity index (χ3n) is 2.89. The molecule has 0 radical (unpaired) electrons. The maximum Gasteiger partial charge on any atom is 0.0934 e. The van der Waals surface area contributed by atoms with Crippen molar-refractivity contribution in [2.24, 2.45) is 16.6 Å². The number of aliphatic imine (C=N–C) groups is 1. The van der Waals surface area contributed by atoms with Crippen LogP contribution in [0.3, 0.4) is 0 Å². The standard InChI is InChI=1S/C10H21N3/c1-4-10(11)12-6-9-5-8(2)13(3)7-9/h8-9H,4-7H2,1-3H3,(H2,11,12). The first-order chi connectivity index (χ1) is 6.13. The zero-order chi connectivity index (χ0) is 9.84. The molecule has 0 spiro atoms. The minimum atomic E-state index is 0.711. The van der Waals surface area contributed by atoms with Crippen molar-refractivity contribution < 1.29 is 0 Å². The molecule has 0 aromatic heterocycles. The molecule has 3 heteroatoms. The summed E-state index contributed by atoms with van der Waals surface area (Å²) in [5, 5.41) is 0. The Morgan fingerprint density at radius 3 is 2.77 bits per heavy atom. The Hall–Kier alpha value is -0.570. The molecule has 1 saturated heterocycles. The number of nitrogens with two attached hydrogens (primary N) is 1. The van der Waals surface area contributed by atoms with Crippen LogP contribution in [0.4, 0.5) is 0 Å². The zero-order valence-corrected chi connectivity index (χ0v) is 8.95. The summed E-state index contributed by atoms with van der Waals surface area (Å²) >= 11 is 0. The number of likely N-dealkylation sites (tertiary alicyclic amines) is 1. The van der Waals surface area contributed by atoms with Gasteiger partial charge in [-0.1, -0.05) is 6.92 Å². The molecule has 0 amide bonds. The summed E-state index contributed by atoms with van der Waals surface area (Å²) < 4.78 is 0. The van der Waals surface area contributed by atoms with Crippen molar-refractivity contribution in [2.75, 3.05) is 20.1 Å². The van der Waals surface area contributed by atoms with Crippen LogP contribution in [0.25, 0.3) is 0 Å². The fourth-order valence-electron chi connectivity index (χ4n) is 1.81. The zero-order valence-electron chi connectivity index (χ0n) is 8.95. The summed E-state index contributed by atoms with van der Waals surface area (Å²) in [5.41, 5.74) is 5.66. The number of hydrogen-bond donors (Lipinski definition) is 1. The van der Waals surface area contributed by atoms with E-state index < -0.39 is 0 Å². The molecule has 2 unspecified atom stereocenters. The van der Waals surface area contributed by atoms with Gasteiger partial charge >= 0.3 is 0 Å². The second-order valence-electron chi connectivity index (χ2n) is 4.08. The highest BCUT2D eigenvalue weighted by atomic mass is 15.2. The van der Waals surface area contributed by atoms with Crippen molar-refractivity contribution in [3.63, 3.8) is 0 Å². The van der Waals surface area contributed by atoms with E-state index in [9.17, 15) is 0 Å². The highest BCUT2D eigenvalue weighted by Gasteiger charge is 2.25. The van der Waals surface area contributed by atoms with Crippen molar-refractivity contribution >= 4 is 5.84 Å². The highest BCUT2D eigenvalue weighted by Crippen LogP contribution is 2.20. The summed E-state index contributed by atoms with van der Waals surface area (Å²) in [4.78, 5) is 6.75. The van der Waals surface area contributed by atoms with E-state index in [1.54, 1.807) is 0 Å². The second-order valence-corrected chi connectivity index (χ2v) is 4.08. The van der Waals surface area contributed by atoms with E-state index in [-0.39, 0.29) is 0 Å². The monoisotopic (exact) mass is 183 g/mol. The van der Waals surface area contributed by atoms with Crippen molar-refractivity contribution in [1.82, 2.24) is 4.90 Å². The Balaban J connectivity index is 2.32. The molecule has 1 aliphatic rings. The third-order valence-corrected chi connectivity index (χ3v) is 2.89. The second kappa shape index (κ2) is 4.61. The van der Waals surface area contributed by atoms with E-state index >= 15 is 0 Å². The van der Waals surface area contributed by atoms with Gasteiger partial charge in [0.25, 0.3) is 0 Å². The van der Waals surface area contributed by atoms with E-state index in [1.807, 2.05) is 6.92 Å². The Morgan fingerprint density at radius 1 is 1.62 bits per heavy atom. The molecule has 3 nitrogen and oxygen atoms in total. The number of rotatable bonds is 3. The van der Waals surface area contributed by atoms with E-state index in [0.717, 1.165) is 18.8 Å². The van der Waals surface area contributed by atoms with Gasteiger partial charge in [0.15, 0.2) is 0 Å². The average molecular weight is 183 g/mol. The van der Waals surface area contributed by atoms with Gasteiger partial charge in [-0.05, 0) is 26.3 Å². The van der Waals surface area contributed by atoms with Crippen molar-refractivity contribution in [3.8, 4) is 0 Å². The minimum absolute atomic E-state index is 0.711. The van der Waals surface area contributed by atoms with Crippen LogP contribution in [0, 0.1) is 5.92 Å². The molecule has 0 aromatic rings. The van der Waals surface area contributed by atoms with Crippen LogP contribution in [-0.2, 0) is 0 Å². The van der Waals surface area contributed by atoms with Crippen LogP contribution in [0.15, 0.2) is 4.99 Å². The van der Waals surface area contributed by atoms with Crippen LogP contribution in [0.5, 0.6) is 0 Å². The van der Waals surface area contributed by atoms with E-state index in [4.69, 9.17) is 5.73 Å². The van der Waals surface area contributed by atoms with E-state index in [1.165, 1.54) is 13.0 Å². The first-order valence-corrected chi connectivity index (χ1v) is 5.12. The lowest BCUT2D eigenvalue weighted by atomic mass is 10.1. The van der Waals surface area contributed by atoms with Crippen LogP contribution in [-0.4, -0.2) is 36.9 Å². The summed E-state index contributed by atoms with van der Waals surface area (Å²) in [7, 11) is 2.18. The molecule has 1 fully saturated rings. The van der Waals surface area contributed by atoms with Crippen LogP contribution in [0.1, 0.15) is 26.7 Å². The third kappa shape index (κ3) is 2.99. The first-order valence-electron chi connectivity index (χ1n) is 5.12. The summed E-state index contributed by atoms with van der Waals surface area (Å²) in [5.74, 6) is 1.51. The lowest BCUT2D eigenvalue weighted by Gasteiger charge is -2.12. The first kappa shape index (κ1) is 10.5. The topological polar surface area (TPSA) is 41.6 Å². The fraction of sp³-hybridized carbons (Fsp3) is 0.900. The summed E-state index contributed by atoms with van der Waals surface area (Å²) in [6, 6.07) is 0.711. The van der Waals surface area contributed by atoms with Crippen LogP contribution < -0.4 is 5.73 Å². The molecule has 13 heavy (non-hydrogen) atoms. The Bertz CT molecular complexity index is 179. The molecule has 2 N–H and O–H groups in total. The SMILES string of the molecule is CCC(N)=NCC1CC(C)N(C)C1. The largest absolute Gasteiger partial charge is 0.387 e. The normalized spacial score (nSPS) is 31.2. The van der Waals surface area contributed by atoms with Gasteiger partial charge < -0.3 is 10.6 Å². The van der Waals surface area contributed by atoms with Gasteiger partial charge in [0.05, 0.1) is 5.84 Å². The number of amidine groups is 1. The molecule has 76 valence electrons. The summed E-state index contributed by atoms with van der Waals surface area (Å²) in [6.45, 7) is 6.39. The molecule has 2 atom stereocenters. The Morgan fingerprint density at radius 2 is 2.31 bits per heavy atom. The van der Waals surface area contributed by atoms with Crippen LogP contribution in [0.2, 0.25) is 0 Å². The van der Waals surface area contributed by atoms with E-state index in [2.05, 4.69) is 23.9 Å². The Labute approximate surface area is 81.0 Å². The van der Waals surface area contributed by atoms with Gasteiger partial charge in [0.2, 0.25) is 0 Å². The predicted molar refractivity (Wildman–Crippen MR) is 57.0 cm³/mol. The number of nitrogens with zero attached hydrogens (tertiary/aromatic N) is 2. The van der Waals surface area contributed by atoms with Crippen molar-refractivity contribution in [1.29, 1.82) is 0 Å². The molecule has 1 heterocycles. The molecule has 1 aliphatic heterocycles. The quantitative estimate of drug-likeness (QED) is 0.526. The van der Waals surface area contributed by atoms with Gasteiger partial charge in [-0.2, -0.15) is 0 Å². The molecule has 0 aliphatic carbocycles. The minimum Gasteiger partial charge on any atom is -0.387 e. The van der Waals surface area contributed by atoms with Gasteiger partial charge in [0, 0.05) is 25.6 Å². The highest BCUT2D eigenvalue weighted by molar-refractivity contribution is 5.79. The molecule has 1 rings (SSSR count). The lowest BCUT2D eigenvalue weighted by molar-refractivity contribution is 0.326. The Kier molecular flexibility index (Phi) is 3.72. The van der Waals surface area contributed by atoms with Crippen molar-refractivity contribution in [3.05, 3.63) is 0 Å². The van der Waals surface area contributed by atoms with Crippen molar-refractivity contribution in [2.45, 2.75) is 32.7 Å².